The molecule has 0 radical (unpaired) electrons. The molecule has 162 valence electrons. The van der Waals surface area contributed by atoms with Crippen molar-refractivity contribution in [3.05, 3.63) is 116 Å². The number of aliphatic hydroxyl groups excluding tert-OH is 1. The zero-order valence-electron chi connectivity index (χ0n) is 17.5. The first-order valence-electron chi connectivity index (χ1n) is 10.3. The molecular formula is C26H18N2O5. The van der Waals surface area contributed by atoms with Gasteiger partial charge in [-0.3, -0.25) is 19.7 Å². The molecule has 1 atom stereocenters. The third kappa shape index (κ3) is 3.13. The van der Waals surface area contributed by atoms with E-state index in [0.29, 0.717) is 11.1 Å². The number of aryl methyl sites for hydroxylation is 1. The van der Waals surface area contributed by atoms with Crippen molar-refractivity contribution in [3.8, 4) is 0 Å². The minimum absolute atomic E-state index is 0.0413. The van der Waals surface area contributed by atoms with Crippen molar-refractivity contribution in [3.63, 3.8) is 0 Å². The maximum absolute atomic E-state index is 13.3. The Hall–Kier alpha value is -4.52. The molecule has 1 heterocycles. The first-order chi connectivity index (χ1) is 15.9. The molecule has 0 aliphatic heterocycles. The van der Waals surface area contributed by atoms with Crippen molar-refractivity contribution in [2.75, 3.05) is 0 Å². The summed E-state index contributed by atoms with van der Waals surface area (Å²) in [5.41, 5.74) is 3.19. The zero-order chi connectivity index (χ0) is 23.3. The normalized spacial score (nSPS) is 14.5. The van der Waals surface area contributed by atoms with E-state index >= 15 is 0 Å². The van der Waals surface area contributed by atoms with Gasteiger partial charge < -0.3 is 10.1 Å². The molecule has 1 aliphatic rings. The predicted octanol–water partition coefficient (Wildman–Crippen LogP) is 5.25. The number of H-pyrrole nitrogens is 1. The van der Waals surface area contributed by atoms with Gasteiger partial charge in [-0.25, -0.2) is 0 Å². The first-order valence-corrected chi connectivity index (χ1v) is 10.3. The molecule has 2 N–H and O–H groups in total. The SMILES string of the molecule is Cc1[nH]c2ccccc2c1C(C1=C(O)c2ccccc2C(=O)C1=O)c1ccc([N+](=O)[O-])cc1. The second kappa shape index (κ2) is 7.56. The molecule has 1 unspecified atom stereocenters. The summed E-state index contributed by atoms with van der Waals surface area (Å²) >= 11 is 0. The lowest BCUT2D eigenvalue weighted by molar-refractivity contribution is -0.384. The number of ketones is 2. The monoisotopic (exact) mass is 438 g/mol. The fourth-order valence-corrected chi connectivity index (χ4v) is 4.59. The average Bonchev–Trinajstić information content (AvgIpc) is 3.16. The van der Waals surface area contributed by atoms with Crippen LogP contribution in [-0.2, 0) is 4.79 Å². The first kappa shape index (κ1) is 20.4. The van der Waals surface area contributed by atoms with Crippen LogP contribution in [0.25, 0.3) is 16.7 Å². The number of nitro benzene ring substituents is 1. The van der Waals surface area contributed by atoms with Crippen LogP contribution in [0.15, 0.2) is 78.4 Å². The Balaban J connectivity index is 1.83. The summed E-state index contributed by atoms with van der Waals surface area (Å²) in [6, 6.07) is 19.8. The number of nitrogens with one attached hydrogen (secondary N) is 1. The van der Waals surface area contributed by atoms with Crippen molar-refractivity contribution in [2.45, 2.75) is 12.8 Å². The van der Waals surface area contributed by atoms with E-state index < -0.39 is 22.4 Å². The third-order valence-corrected chi connectivity index (χ3v) is 6.09. The summed E-state index contributed by atoms with van der Waals surface area (Å²) < 4.78 is 0. The van der Waals surface area contributed by atoms with Gasteiger partial charge in [0.25, 0.3) is 5.69 Å². The molecule has 33 heavy (non-hydrogen) atoms. The number of carbonyl (C=O) groups is 2. The van der Waals surface area contributed by atoms with E-state index in [1.165, 1.54) is 18.2 Å². The van der Waals surface area contributed by atoms with Gasteiger partial charge in [-0.2, -0.15) is 0 Å². The van der Waals surface area contributed by atoms with Gasteiger partial charge in [-0.15, -0.1) is 0 Å². The minimum atomic E-state index is -0.813. The van der Waals surface area contributed by atoms with E-state index in [4.69, 9.17) is 0 Å². The second-order valence-corrected chi connectivity index (χ2v) is 7.96. The van der Waals surface area contributed by atoms with E-state index in [-0.39, 0.29) is 22.6 Å². The number of para-hydroxylation sites is 1. The van der Waals surface area contributed by atoms with E-state index in [2.05, 4.69) is 4.98 Å². The number of carbonyl (C=O) groups excluding carboxylic acids is 2. The van der Waals surface area contributed by atoms with Gasteiger partial charge in [0.2, 0.25) is 11.6 Å². The smallest absolute Gasteiger partial charge is 0.269 e. The topological polar surface area (TPSA) is 113 Å². The number of aromatic nitrogens is 1. The third-order valence-electron chi connectivity index (χ3n) is 6.09. The van der Waals surface area contributed by atoms with Gasteiger partial charge in [0, 0.05) is 45.8 Å². The van der Waals surface area contributed by atoms with Gasteiger partial charge in [0.1, 0.15) is 5.76 Å². The Morgan fingerprint density at radius 2 is 1.52 bits per heavy atom. The molecule has 7 nitrogen and oxygen atoms in total. The number of allylic oxidation sites excluding steroid dienone is 1. The van der Waals surface area contributed by atoms with Crippen molar-refractivity contribution in [1.82, 2.24) is 4.98 Å². The minimum Gasteiger partial charge on any atom is -0.507 e. The van der Waals surface area contributed by atoms with Crippen LogP contribution >= 0.6 is 0 Å². The Labute approximate surface area is 188 Å². The number of non-ortho nitro benzene ring substituents is 1. The lowest BCUT2D eigenvalue weighted by Gasteiger charge is -2.25. The number of aromatic amines is 1. The quantitative estimate of drug-likeness (QED) is 0.257. The Bertz CT molecular complexity index is 1490. The average molecular weight is 438 g/mol. The van der Waals surface area contributed by atoms with Crippen LogP contribution in [0.4, 0.5) is 5.69 Å². The molecule has 1 aromatic heterocycles. The number of benzene rings is 3. The molecule has 7 heteroatoms. The van der Waals surface area contributed by atoms with E-state index in [0.717, 1.165) is 22.2 Å². The standard InChI is InChI=1S/C26H18N2O5/c1-14-21(19-8-4-5-9-20(19)27-14)22(15-10-12-16(13-11-15)28(32)33)23-24(29)17-6-2-3-7-18(17)25(30)26(23)31/h2-13,22,27,29H,1H3. The van der Waals surface area contributed by atoms with Crippen LogP contribution in [0, 0.1) is 17.0 Å². The summed E-state index contributed by atoms with van der Waals surface area (Å²) in [5.74, 6) is -2.56. The molecule has 0 bridgehead atoms. The van der Waals surface area contributed by atoms with E-state index in [9.17, 15) is 24.8 Å². The van der Waals surface area contributed by atoms with Crippen molar-refractivity contribution < 1.29 is 19.6 Å². The number of nitro groups is 1. The van der Waals surface area contributed by atoms with Crippen LogP contribution in [0.5, 0.6) is 0 Å². The highest BCUT2D eigenvalue weighted by molar-refractivity contribution is 6.52. The zero-order valence-corrected chi connectivity index (χ0v) is 17.5. The van der Waals surface area contributed by atoms with Crippen molar-refractivity contribution in [2.24, 2.45) is 0 Å². The molecule has 0 saturated heterocycles. The fraction of sp³-hybridized carbons (Fsp3) is 0.0769. The van der Waals surface area contributed by atoms with Gasteiger partial charge in [0.05, 0.1) is 10.5 Å². The summed E-state index contributed by atoms with van der Waals surface area (Å²) in [6.45, 7) is 1.86. The van der Waals surface area contributed by atoms with Crippen LogP contribution in [0.1, 0.15) is 38.7 Å². The second-order valence-electron chi connectivity index (χ2n) is 7.96. The molecule has 0 spiro atoms. The number of Topliss-reactive ketones (excluding diaryl/α,β-unsaturated/α-hetero) is 2. The number of hydrogen-bond donors (Lipinski definition) is 2. The summed E-state index contributed by atoms with van der Waals surface area (Å²) in [6.07, 6.45) is 0. The lowest BCUT2D eigenvalue weighted by Crippen LogP contribution is -2.28. The van der Waals surface area contributed by atoms with Crippen LogP contribution in [-0.4, -0.2) is 26.6 Å². The summed E-state index contributed by atoms with van der Waals surface area (Å²) in [7, 11) is 0. The van der Waals surface area contributed by atoms with Crippen LogP contribution in [0.2, 0.25) is 0 Å². The molecule has 0 amide bonds. The van der Waals surface area contributed by atoms with E-state index in [1.807, 2.05) is 31.2 Å². The molecule has 0 fully saturated rings. The maximum atomic E-state index is 13.3. The van der Waals surface area contributed by atoms with Gasteiger partial charge >= 0.3 is 0 Å². The molecular weight excluding hydrogens is 420 g/mol. The van der Waals surface area contributed by atoms with Gasteiger partial charge in [-0.05, 0) is 24.1 Å². The van der Waals surface area contributed by atoms with Gasteiger partial charge in [-0.1, -0.05) is 54.6 Å². The predicted molar refractivity (Wildman–Crippen MR) is 123 cm³/mol. The van der Waals surface area contributed by atoms with Crippen LogP contribution < -0.4 is 0 Å². The molecule has 0 saturated carbocycles. The summed E-state index contributed by atoms with van der Waals surface area (Å²) in [4.78, 5) is 40.3. The lowest BCUT2D eigenvalue weighted by atomic mass is 9.76. The number of fused-ring (bicyclic) bond motifs is 2. The number of nitrogens with zero attached hydrogens (tertiary/aromatic N) is 1. The highest BCUT2D eigenvalue weighted by atomic mass is 16.6. The number of rotatable bonds is 4. The van der Waals surface area contributed by atoms with Gasteiger partial charge in [0.15, 0.2) is 0 Å². The van der Waals surface area contributed by atoms with Crippen molar-refractivity contribution in [1.29, 1.82) is 0 Å². The van der Waals surface area contributed by atoms with Crippen molar-refractivity contribution >= 4 is 33.9 Å². The molecule has 1 aliphatic carbocycles. The Kier molecular flexibility index (Phi) is 4.67. The summed E-state index contributed by atoms with van der Waals surface area (Å²) in [5, 5.41) is 23.2. The number of hydrogen-bond acceptors (Lipinski definition) is 5. The fourth-order valence-electron chi connectivity index (χ4n) is 4.59. The highest BCUT2D eigenvalue weighted by Crippen LogP contribution is 2.43. The Morgan fingerprint density at radius 1 is 0.879 bits per heavy atom. The molecule has 3 aromatic carbocycles. The largest absolute Gasteiger partial charge is 0.507 e. The van der Waals surface area contributed by atoms with E-state index in [1.54, 1.807) is 30.3 Å². The Morgan fingerprint density at radius 3 is 2.21 bits per heavy atom. The van der Waals surface area contributed by atoms with Crippen LogP contribution in [0.3, 0.4) is 0 Å². The highest BCUT2D eigenvalue weighted by Gasteiger charge is 2.39. The maximum Gasteiger partial charge on any atom is 0.269 e. The molecule has 4 aromatic rings. The number of aliphatic hydroxyl groups is 1. The molecule has 5 rings (SSSR count).